The van der Waals surface area contributed by atoms with Gasteiger partial charge in [0.25, 0.3) is 0 Å². The molecule has 2 unspecified atom stereocenters. The van der Waals surface area contributed by atoms with Crippen molar-refractivity contribution < 1.29 is 18.9 Å². The molecule has 0 radical (unpaired) electrons. The summed E-state index contributed by atoms with van der Waals surface area (Å²) >= 11 is -2.95. The average molecular weight is 611 g/mol. The Hall–Kier alpha value is -2.97. The quantitative estimate of drug-likeness (QED) is 0.227. The van der Waals surface area contributed by atoms with E-state index in [0.29, 0.717) is 0 Å². The summed E-state index contributed by atoms with van der Waals surface area (Å²) in [6.07, 6.45) is 14.8. The first-order valence-electron chi connectivity index (χ1n) is 12.6. The van der Waals surface area contributed by atoms with E-state index in [1.807, 2.05) is 42.7 Å². The molecule has 38 heavy (non-hydrogen) atoms. The van der Waals surface area contributed by atoms with Gasteiger partial charge in [-0.25, -0.2) is 0 Å². The summed E-state index contributed by atoms with van der Waals surface area (Å²) in [6, 6.07) is 31.0. The number of aromatic nitrogens is 2. The molecule has 2 aromatic heterocycles. The number of allylic oxidation sites excluding steroid dienone is 6. The van der Waals surface area contributed by atoms with Gasteiger partial charge >= 0.3 is 239 Å². The van der Waals surface area contributed by atoms with E-state index in [1.165, 1.54) is 16.7 Å². The third kappa shape index (κ3) is 4.92. The zero-order chi connectivity index (χ0) is 25.9. The Balaban J connectivity index is 1.67. The van der Waals surface area contributed by atoms with E-state index in [1.54, 1.807) is 0 Å². The monoisotopic (exact) mass is 608 g/mol. The summed E-state index contributed by atoms with van der Waals surface area (Å²) in [6.45, 7) is 0. The molecule has 0 saturated heterocycles. The van der Waals surface area contributed by atoms with Crippen LogP contribution in [0, 0.1) is 5.92 Å². The molecule has 0 aliphatic heterocycles. The number of halogens is 2. The predicted molar refractivity (Wildman–Crippen MR) is 156 cm³/mol. The minimum absolute atomic E-state index is 0.0954. The molecule has 2 heterocycles. The van der Waals surface area contributed by atoms with Gasteiger partial charge in [-0.2, -0.15) is 0 Å². The van der Waals surface area contributed by atoms with Crippen LogP contribution in [0.3, 0.4) is 0 Å². The van der Waals surface area contributed by atoms with Crippen molar-refractivity contribution in [3.05, 3.63) is 167 Å². The van der Waals surface area contributed by atoms with Gasteiger partial charge in [0.15, 0.2) is 0 Å². The Morgan fingerprint density at radius 2 is 1.37 bits per heavy atom. The van der Waals surface area contributed by atoms with Crippen LogP contribution >= 0.6 is 17.0 Å². The van der Waals surface area contributed by atoms with E-state index in [0.717, 1.165) is 31.3 Å². The molecule has 0 bridgehead atoms. The molecule has 0 amide bonds. The fourth-order valence-corrected chi connectivity index (χ4v) is 10.2. The molecule has 184 valence electrons. The van der Waals surface area contributed by atoms with Gasteiger partial charge in [-0.15, -0.1) is 0 Å². The summed E-state index contributed by atoms with van der Waals surface area (Å²) in [5, 5.41) is 0. The van der Waals surface area contributed by atoms with Crippen LogP contribution in [0.1, 0.15) is 34.0 Å². The Bertz CT molecular complexity index is 1580. The van der Waals surface area contributed by atoms with E-state index in [-0.39, 0.29) is 11.8 Å². The van der Waals surface area contributed by atoms with E-state index >= 15 is 0 Å². The van der Waals surface area contributed by atoms with Crippen molar-refractivity contribution >= 4 is 31.9 Å². The third-order valence-corrected chi connectivity index (χ3v) is 11.9. The molecule has 0 saturated carbocycles. The van der Waals surface area contributed by atoms with Crippen LogP contribution in [0.15, 0.2) is 139 Å². The fraction of sp³-hybridized carbons (Fsp3) is 0.0606. The molecule has 2 aliphatic carbocycles. The maximum absolute atomic E-state index is 6.97. The maximum atomic E-state index is 6.97. The van der Waals surface area contributed by atoms with Crippen molar-refractivity contribution in [2.75, 3.05) is 0 Å². The first kappa shape index (κ1) is 25.3. The van der Waals surface area contributed by atoms with Gasteiger partial charge in [0, 0.05) is 0 Å². The van der Waals surface area contributed by atoms with Crippen molar-refractivity contribution in [1.29, 1.82) is 0 Å². The number of hydrogen-bond acceptors (Lipinski definition) is 2. The number of fused-ring (bicyclic) bond motifs is 1. The molecule has 0 spiro atoms. The Morgan fingerprint density at radius 1 is 0.711 bits per heavy atom. The number of hydrogen-bond donors (Lipinski definition) is 0. The second kappa shape index (κ2) is 11.4. The first-order valence-corrected chi connectivity index (χ1v) is 20.1. The molecule has 2 atom stereocenters. The Kier molecular flexibility index (Phi) is 7.61. The molecule has 2 aromatic carbocycles. The molecule has 0 N–H and O–H groups in total. The molecular formula is C33H24Cl2N2Zr. The van der Waals surface area contributed by atoms with Crippen LogP contribution in [0.2, 0.25) is 0 Å². The summed E-state index contributed by atoms with van der Waals surface area (Å²) in [5.41, 5.74) is 8.79. The molecule has 2 aliphatic rings. The number of rotatable bonds is 5. The van der Waals surface area contributed by atoms with Crippen LogP contribution in [-0.2, 0) is 18.9 Å². The van der Waals surface area contributed by atoms with Crippen molar-refractivity contribution in [2.24, 2.45) is 5.92 Å². The van der Waals surface area contributed by atoms with E-state index in [9.17, 15) is 0 Å². The SMILES string of the molecule is [Cl][Zr]([Cl])=[C](c1ccccc1)C1C=CC=C(C2C=Cc3ccccc32)C1=C(c1ccccn1)c1ccccn1. The second-order valence-corrected chi connectivity index (χ2v) is 17.4. The minimum atomic E-state index is -2.95. The van der Waals surface area contributed by atoms with Crippen LogP contribution in [0.5, 0.6) is 0 Å². The molecule has 4 aromatic rings. The summed E-state index contributed by atoms with van der Waals surface area (Å²) in [4.78, 5) is 9.64. The number of pyridine rings is 2. The first-order chi connectivity index (χ1) is 18.7. The molecule has 6 rings (SSSR count). The van der Waals surface area contributed by atoms with E-state index < -0.39 is 18.9 Å². The average Bonchev–Trinajstić information content (AvgIpc) is 3.40. The molecule has 0 fully saturated rings. The van der Waals surface area contributed by atoms with Gasteiger partial charge in [-0.1, -0.05) is 0 Å². The van der Waals surface area contributed by atoms with Gasteiger partial charge in [-0.3, -0.25) is 0 Å². The Labute approximate surface area is 238 Å². The van der Waals surface area contributed by atoms with E-state index in [4.69, 9.17) is 27.0 Å². The predicted octanol–water partition coefficient (Wildman–Crippen LogP) is 8.35. The van der Waals surface area contributed by atoms with Gasteiger partial charge in [0.1, 0.15) is 0 Å². The van der Waals surface area contributed by atoms with Crippen molar-refractivity contribution in [3.63, 3.8) is 0 Å². The second-order valence-electron chi connectivity index (χ2n) is 9.21. The van der Waals surface area contributed by atoms with Crippen molar-refractivity contribution in [2.45, 2.75) is 5.92 Å². The van der Waals surface area contributed by atoms with Gasteiger partial charge in [0.2, 0.25) is 0 Å². The van der Waals surface area contributed by atoms with Crippen molar-refractivity contribution in [3.8, 4) is 0 Å². The van der Waals surface area contributed by atoms with Crippen LogP contribution < -0.4 is 0 Å². The fourth-order valence-electron chi connectivity index (χ4n) is 5.42. The van der Waals surface area contributed by atoms with Crippen LogP contribution in [-0.4, -0.2) is 13.2 Å². The standard InChI is InChI=1S/C33H24N2.2ClH.Zr/c1-2-11-24(12-3-1)23-26-14-10-16-29(28-20-19-25-13-4-5-15-27(25)28)32(26)33(30-17-6-8-21-34-30)31-18-7-9-22-35-31;;;/h1-22,26,28H;2*1H;/q;;;+2/p-2. The van der Waals surface area contributed by atoms with E-state index in [2.05, 4.69) is 91.0 Å². The molecular weight excluding hydrogens is 587 g/mol. The Morgan fingerprint density at radius 3 is 2.03 bits per heavy atom. The normalized spacial score (nSPS) is 17.6. The van der Waals surface area contributed by atoms with Gasteiger partial charge < -0.3 is 0 Å². The summed E-state index contributed by atoms with van der Waals surface area (Å²) in [7, 11) is 13.9. The zero-order valence-electron chi connectivity index (χ0n) is 20.5. The summed E-state index contributed by atoms with van der Waals surface area (Å²) in [5.74, 6) is 0.00720. The van der Waals surface area contributed by atoms with Crippen LogP contribution in [0.4, 0.5) is 0 Å². The molecule has 2 nitrogen and oxygen atoms in total. The van der Waals surface area contributed by atoms with Gasteiger partial charge in [0.05, 0.1) is 0 Å². The third-order valence-electron chi connectivity index (χ3n) is 7.05. The van der Waals surface area contributed by atoms with Gasteiger partial charge in [-0.05, 0) is 0 Å². The zero-order valence-corrected chi connectivity index (χ0v) is 24.5. The summed E-state index contributed by atoms with van der Waals surface area (Å²) < 4.78 is 1.13. The van der Waals surface area contributed by atoms with Crippen molar-refractivity contribution in [1.82, 2.24) is 9.97 Å². The topological polar surface area (TPSA) is 25.8 Å². The molecule has 5 heteroatoms. The number of benzene rings is 2. The van der Waals surface area contributed by atoms with Crippen LogP contribution in [0.25, 0.3) is 11.6 Å². The number of nitrogens with zero attached hydrogens (tertiary/aromatic N) is 2.